The first-order valence-electron chi connectivity index (χ1n) is 11.3. The summed E-state index contributed by atoms with van der Waals surface area (Å²) >= 11 is 0. The van der Waals surface area contributed by atoms with E-state index in [1.54, 1.807) is 6.20 Å². The van der Waals surface area contributed by atoms with E-state index in [1.165, 1.54) is 11.3 Å². The zero-order valence-corrected chi connectivity index (χ0v) is 19.1. The number of hydrogen-bond donors (Lipinski definition) is 1. The summed E-state index contributed by atoms with van der Waals surface area (Å²) in [6, 6.07) is 18.4. The molecule has 0 bridgehead atoms. The van der Waals surface area contributed by atoms with E-state index >= 15 is 0 Å². The Morgan fingerprint density at radius 2 is 1.62 bits per heavy atom. The molecule has 3 aromatic rings. The number of carbonyl (C=O) groups excluding carboxylic acids is 1. The van der Waals surface area contributed by atoms with Crippen molar-refractivity contribution in [2.75, 3.05) is 42.5 Å². The zero-order valence-electron chi connectivity index (χ0n) is 19.1. The molecule has 4 rings (SSSR count). The van der Waals surface area contributed by atoms with Crippen molar-refractivity contribution < 1.29 is 4.79 Å². The molecule has 1 fully saturated rings. The average Bonchev–Trinajstić information content (AvgIpc) is 2.83. The van der Waals surface area contributed by atoms with Crippen LogP contribution in [0.5, 0.6) is 0 Å². The molecule has 6 nitrogen and oxygen atoms in total. The number of piperazine rings is 1. The lowest BCUT2D eigenvalue weighted by Gasteiger charge is -2.38. The van der Waals surface area contributed by atoms with Crippen LogP contribution in [0.15, 0.2) is 60.8 Å². The highest BCUT2D eigenvalue weighted by molar-refractivity contribution is 5.99. The number of hydrogen-bond acceptors (Lipinski definition) is 5. The molecule has 6 heteroatoms. The van der Waals surface area contributed by atoms with E-state index < -0.39 is 0 Å². The summed E-state index contributed by atoms with van der Waals surface area (Å²) in [5.41, 5.74) is 4.04. The van der Waals surface area contributed by atoms with Crippen LogP contribution in [-0.2, 0) is 0 Å². The Kier molecular flexibility index (Phi) is 6.69. The first-order chi connectivity index (χ1) is 15.5. The maximum atomic E-state index is 13.0. The summed E-state index contributed by atoms with van der Waals surface area (Å²) in [6.07, 6.45) is 1.67. The number of nitrogens with zero attached hydrogens (tertiary/aromatic N) is 4. The normalized spacial score (nSPS) is 14.0. The zero-order chi connectivity index (χ0) is 22.5. The highest BCUT2D eigenvalue weighted by Crippen LogP contribution is 2.26. The van der Waals surface area contributed by atoms with Gasteiger partial charge in [-0.1, -0.05) is 62.4 Å². The Labute approximate surface area is 190 Å². The van der Waals surface area contributed by atoms with Crippen LogP contribution in [0.25, 0.3) is 11.4 Å². The molecule has 166 valence electrons. The molecule has 2 aromatic carbocycles. The van der Waals surface area contributed by atoms with Crippen molar-refractivity contribution in [1.82, 2.24) is 15.3 Å². The van der Waals surface area contributed by atoms with Crippen molar-refractivity contribution in [2.24, 2.45) is 5.92 Å². The third-order valence-electron chi connectivity index (χ3n) is 5.75. The van der Waals surface area contributed by atoms with Gasteiger partial charge in [-0.2, -0.15) is 0 Å². The first kappa shape index (κ1) is 21.8. The summed E-state index contributed by atoms with van der Waals surface area (Å²) in [4.78, 5) is 27.0. The van der Waals surface area contributed by atoms with Gasteiger partial charge >= 0.3 is 0 Å². The number of nitrogens with one attached hydrogen (secondary N) is 1. The monoisotopic (exact) mass is 429 g/mol. The van der Waals surface area contributed by atoms with Gasteiger partial charge in [-0.25, -0.2) is 9.97 Å². The number of anilines is 2. The number of para-hydroxylation sites is 1. The molecule has 0 radical (unpaired) electrons. The molecule has 0 unspecified atom stereocenters. The van der Waals surface area contributed by atoms with E-state index in [-0.39, 0.29) is 5.91 Å². The third kappa shape index (κ3) is 4.90. The van der Waals surface area contributed by atoms with Crippen molar-refractivity contribution >= 4 is 17.4 Å². The van der Waals surface area contributed by atoms with Gasteiger partial charge in [0.05, 0.1) is 0 Å². The van der Waals surface area contributed by atoms with E-state index in [0.29, 0.717) is 29.7 Å². The first-order valence-corrected chi connectivity index (χ1v) is 11.3. The maximum Gasteiger partial charge on any atom is 0.256 e. The highest BCUT2D eigenvalue weighted by atomic mass is 16.1. The van der Waals surface area contributed by atoms with E-state index in [4.69, 9.17) is 4.98 Å². The second kappa shape index (κ2) is 9.81. The van der Waals surface area contributed by atoms with E-state index in [1.807, 2.05) is 30.3 Å². The van der Waals surface area contributed by atoms with E-state index in [9.17, 15) is 4.79 Å². The van der Waals surface area contributed by atoms with Gasteiger partial charge in [0.25, 0.3) is 5.91 Å². The maximum absolute atomic E-state index is 13.0. The van der Waals surface area contributed by atoms with Gasteiger partial charge in [-0.05, 0) is 24.5 Å². The number of carbonyl (C=O) groups is 1. The highest BCUT2D eigenvalue weighted by Gasteiger charge is 2.25. The molecular formula is C26H31N5O. The predicted molar refractivity (Wildman–Crippen MR) is 130 cm³/mol. The van der Waals surface area contributed by atoms with Gasteiger partial charge in [0.2, 0.25) is 0 Å². The lowest BCUT2D eigenvalue weighted by molar-refractivity contribution is 0.0949. The molecule has 1 saturated heterocycles. The van der Waals surface area contributed by atoms with Crippen molar-refractivity contribution in [2.45, 2.75) is 20.8 Å². The van der Waals surface area contributed by atoms with Crippen molar-refractivity contribution in [1.29, 1.82) is 0 Å². The van der Waals surface area contributed by atoms with Gasteiger partial charge in [0.1, 0.15) is 11.4 Å². The quantitative estimate of drug-likeness (QED) is 0.637. The Hall–Kier alpha value is -3.41. The summed E-state index contributed by atoms with van der Waals surface area (Å²) in [7, 11) is 0. The summed E-state index contributed by atoms with van der Waals surface area (Å²) < 4.78 is 0. The molecule has 0 spiro atoms. The van der Waals surface area contributed by atoms with Gasteiger partial charge in [-0.3, -0.25) is 4.79 Å². The Morgan fingerprint density at radius 1 is 0.969 bits per heavy atom. The molecular weight excluding hydrogens is 398 g/mol. The minimum atomic E-state index is -0.116. The smallest absolute Gasteiger partial charge is 0.256 e. The van der Waals surface area contributed by atoms with Gasteiger partial charge in [0, 0.05) is 50.2 Å². The van der Waals surface area contributed by atoms with Crippen LogP contribution in [0.1, 0.15) is 29.8 Å². The molecule has 1 N–H and O–H groups in total. The fourth-order valence-electron chi connectivity index (χ4n) is 3.97. The lowest BCUT2D eigenvalue weighted by atomic mass is 10.1. The molecule has 2 heterocycles. The number of aryl methyl sites for hydroxylation is 1. The van der Waals surface area contributed by atoms with Gasteiger partial charge < -0.3 is 15.1 Å². The predicted octanol–water partition coefficient (Wildman–Crippen LogP) is 4.16. The fraction of sp³-hybridized carbons (Fsp3) is 0.346. The molecule has 1 aliphatic heterocycles. The SMILES string of the molecule is Cc1ccccc1N1CCN(c2nc(-c3ccccc3)ncc2C(=O)NCC(C)C)CC1. The minimum Gasteiger partial charge on any atom is -0.368 e. The third-order valence-corrected chi connectivity index (χ3v) is 5.75. The van der Waals surface area contributed by atoms with Crippen LogP contribution in [0, 0.1) is 12.8 Å². The lowest BCUT2D eigenvalue weighted by Crippen LogP contribution is -2.47. The molecule has 1 aliphatic rings. The number of rotatable bonds is 6. The van der Waals surface area contributed by atoms with Crippen molar-refractivity contribution in [3.8, 4) is 11.4 Å². The molecule has 0 saturated carbocycles. The Bertz CT molecular complexity index is 1060. The minimum absolute atomic E-state index is 0.116. The molecule has 32 heavy (non-hydrogen) atoms. The summed E-state index contributed by atoms with van der Waals surface area (Å²) in [6.45, 7) is 10.3. The Morgan fingerprint density at radius 3 is 2.31 bits per heavy atom. The summed E-state index contributed by atoms with van der Waals surface area (Å²) in [5, 5.41) is 3.02. The number of amides is 1. The molecule has 0 atom stereocenters. The van der Waals surface area contributed by atoms with Crippen LogP contribution in [0.2, 0.25) is 0 Å². The largest absolute Gasteiger partial charge is 0.368 e. The molecule has 0 aliphatic carbocycles. The number of benzene rings is 2. The van der Waals surface area contributed by atoms with Crippen LogP contribution in [0.4, 0.5) is 11.5 Å². The average molecular weight is 430 g/mol. The van der Waals surface area contributed by atoms with Crippen LogP contribution in [-0.4, -0.2) is 48.6 Å². The number of aromatic nitrogens is 2. The van der Waals surface area contributed by atoms with E-state index in [0.717, 1.165) is 31.7 Å². The van der Waals surface area contributed by atoms with Gasteiger partial charge in [-0.15, -0.1) is 0 Å². The molecule has 1 aromatic heterocycles. The van der Waals surface area contributed by atoms with E-state index in [2.05, 4.69) is 65.1 Å². The van der Waals surface area contributed by atoms with Crippen LogP contribution in [0.3, 0.4) is 0 Å². The second-order valence-electron chi connectivity index (χ2n) is 8.66. The fourth-order valence-corrected chi connectivity index (χ4v) is 3.97. The van der Waals surface area contributed by atoms with Crippen LogP contribution >= 0.6 is 0 Å². The van der Waals surface area contributed by atoms with Crippen molar-refractivity contribution in [3.05, 3.63) is 71.9 Å². The molecule has 1 amide bonds. The van der Waals surface area contributed by atoms with Gasteiger partial charge in [0.15, 0.2) is 5.82 Å². The van der Waals surface area contributed by atoms with Crippen molar-refractivity contribution in [3.63, 3.8) is 0 Å². The van der Waals surface area contributed by atoms with Crippen LogP contribution < -0.4 is 15.1 Å². The topological polar surface area (TPSA) is 61.4 Å². The standard InChI is InChI=1S/C26H31N5O/c1-19(2)17-28-26(32)22-18-27-24(21-10-5-4-6-11-21)29-25(22)31-15-13-30(14-16-31)23-12-8-7-9-20(23)3/h4-12,18-19H,13-17H2,1-3H3,(H,28,32). The second-order valence-corrected chi connectivity index (χ2v) is 8.66. The Balaban J connectivity index is 1.60. The summed E-state index contributed by atoms with van der Waals surface area (Å²) in [5.74, 6) is 1.62.